The van der Waals surface area contributed by atoms with Crippen molar-refractivity contribution in [2.45, 2.75) is 97.2 Å². The van der Waals surface area contributed by atoms with Gasteiger partial charge in [0.25, 0.3) is 0 Å². The average molecular weight is 749 g/mol. The molecule has 2 aliphatic heterocycles. The minimum atomic E-state index is -0.991. The van der Waals surface area contributed by atoms with Crippen molar-refractivity contribution in [2.24, 2.45) is 0 Å². The van der Waals surface area contributed by atoms with Crippen LogP contribution in [0.2, 0.25) is 0 Å². The molecule has 2 aromatic heterocycles. The molecule has 0 saturated carbocycles. The molecule has 2 atom stereocenters. The van der Waals surface area contributed by atoms with E-state index in [0.29, 0.717) is 28.6 Å². The van der Waals surface area contributed by atoms with Crippen molar-refractivity contribution in [3.63, 3.8) is 0 Å². The summed E-state index contributed by atoms with van der Waals surface area (Å²) < 4.78 is 6.40. The van der Waals surface area contributed by atoms with Crippen LogP contribution < -0.4 is 14.5 Å². The Balaban J connectivity index is 1.04. The fourth-order valence-electron chi connectivity index (χ4n) is 8.39. The smallest absolute Gasteiger partial charge is 0.176 e. The van der Waals surface area contributed by atoms with Gasteiger partial charge in [-0.1, -0.05) is 45.0 Å². The number of benzene rings is 4. The van der Waals surface area contributed by atoms with E-state index >= 15 is 0 Å². The molecule has 11 nitrogen and oxygen atoms in total. The lowest BCUT2D eigenvalue weighted by molar-refractivity contribution is -0.122. The summed E-state index contributed by atoms with van der Waals surface area (Å²) in [4.78, 5) is 47.7. The van der Waals surface area contributed by atoms with E-state index in [0.717, 1.165) is 52.6 Å². The number of fused-ring (bicyclic) bond motifs is 2. The summed E-state index contributed by atoms with van der Waals surface area (Å²) in [5, 5.41) is 18.5. The normalized spacial score (nSPS) is 19.3. The Morgan fingerprint density at radius 3 is 1.68 bits per heavy atom. The van der Waals surface area contributed by atoms with E-state index in [2.05, 4.69) is 53.9 Å². The van der Waals surface area contributed by atoms with Crippen LogP contribution in [0.1, 0.15) is 94.2 Å². The maximum absolute atomic E-state index is 14.0. The first kappa shape index (κ1) is 36.9. The second kappa shape index (κ2) is 13.6. The van der Waals surface area contributed by atoms with Gasteiger partial charge >= 0.3 is 0 Å². The van der Waals surface area contributed by atoms with Gasteiger partial charge in [-0.25, -0.2) is 9.97 Å². The van der Waals surface area contributed by atoms with Crippen molar-refractivity contribution < 1.29 is 14.3 Å². The molecule has 4 heterocycles. The lowest BCUT2D eigenvalue weighted by Crippen LogP contribution is -2.44. The van der Waals surface area contributed by atoms with Gasteiger partial charge in [-0.2, -0.15) is 0 Å². The number of nitrogens with zero attached hydrogens (tertiary/aromatic N) is 4. The summed E-state index contributed by atoms with van der Waals surface area (Å²) in [5.74, 6) is 0.113. The number of hydrogen-bond acceptors (Lipinski definition) is 7. The number of aromatic nitrogens is 4. The molecule has 6 aromatic rings. The van der Waals surface area contributed by atoms with Crippen LogP contribution >= 0.6 is 0 Å². The van der Waals surface area contributed by atoms with Crippen LogP contribution in [0.25, 0.3) is 22.1 Å². The lowest BCUT2D eigenvalue weighted by Gasteiger charge is -2.32. The maximum Gasteiger partial charge on any atom is 0.176 e. The number of hydrogen-bond donors (Lipinski definition) is 4. The largest absolute Gasteiger partial charge is 0.489 e. The molecule has 4 N–H and O–H groups in total. The number of aromatic amines is 2. The average Bonchev–Trinajstić information content (AvgIpc) is 3.88. The monoisotopic (exact) mass is 748 g/mol. The van der Waals surface area contributed by atoms with Crippen molar-refractivity contribution in [3.8, 4) is 5.75 Å². The van der Waals surface area contributed by atoms with Crippen LogP contribution in [0.4, 0.5) is 11.4 Å². The molecule has 0 bridgehead atoms. The van der Waals surface area contributed by atoms with E-state index in [-0.39, 0.29) is 29.8 Å². The number of carbonyl (C=O) groups is 2. The first-order valence-electron chi connectivity index (χ1n) is 19.4. The zero-order valence-corrected chi connectivity index (χ0v) is 33.0. The van der Waals surface area contributed by atoms with E-state index < -0.39 is 22.9 Å². The molecule has 56 heavy (non-hydrogen) atoms. The molecule has 2 aliphatic rings. The highest BCUT2D eigenvalue weighted by molar-refractivity contribution is 6.26. The molecule has 0 radical (unpaired) electrons. The molecule has 2 saturated heterocycles. The molecule has 0 aliphatic carbocycles. The van der Waals surface area contributed by atoms with Crippen molar-refractivity contribution in [2.75, 3.05) is 9.80 Å². The van der Waals surface area contributed by atoms with Gasteiger partial charge in [0.2, 0.25) is 0 Å². The van der Waals surface area contributed by atoms with E-state index in [1.165, 1.54) is 11.1 Å². The molecule has 2 fully saturated rings. The van der Waals surface area contributed by atoms with Gasteiger partial charge in [0.1, 0.15) is 58.6 Å². The Morgan fingerprint density at radius 1 is 0.625 bits per heavy atom. The summed E-state index contributed by atoms with van der Waals surface area (Å²) in [5.41, 5.74) is 6.97. The molecular weight excluding hydrogens is 701 g/mol. The Hall–Kier alpha value is -6.10. The fourth-order valence-corrected chi connectivity index (χ4v) is 8.39. The van der Waals surface area contributed by atoms with Crippen LogP contribution in [0, 0.1) is 10.8 Å². The van der Waals surface area contributed by atoms with E-state index in [1.807, 2.05) is 93.3 Å². The number of amidine groups is 2. The Labute approximate surface area is 326 Å². The van der Waals surface area contributed by atoms with Gasteiger partial charge in [0.15, 0.2) is 11.6 Å². The minimum Gasteiger partial charge on any atom is -0.489 e. The van der Waals surface area contributed by atoms with Crippen molar-refractivity contribution in [1.29, 1.82) is 10.8 Å². The number of ketones is 2. The molecule has 11 heteroatoms. The van der Waals surface area contributed by atoms with Crippen LogP contribution in [0.3, 0.4) is 0 Å². The fraction of sp³-hybridized carbons (Fsp3) is 0.333. The third kappa shape index (κ3) is 5.97. The summed E-state index contributed by atoms with van der Waals surface area (Å²) in [6, 6.07) is 25.7. The number of aryl methyl sites for hydroxylation is 3. The van der Waals surface area contributed by atoms with Gasteiger partial charge < -0.3 is 24.5 Å². The highest BCUT2D eigenvalue weighted by atomic mass is 16.5. The summed E-state index contributed by atoms with van der Waals surface area (Å²) in [6.07, 6.45) is 2.48. The number of H-pyrrole nitrogens is 2. The van der Waals surface area contributed by atoms with E-state index in [1.54, 1.807) is 4.90 Å². The number of imidazole rings is 2. The van der Waals surface area contributed by atoms with Crippen molar-refractivity contribution in [3.05, 3.63) is 113 Å². The summed E-state index contributed by atoms with van der Waals surface area (Å²) in [6.45, 7) is 14.0. The summed E-state index contributed by atoms with van der Waals surface area (Å²) in [7, 11) is 0. The molecule has 4 aromatic carbocycles. The predicted molar refractivity (Wildman–Crippen MR) is 222 cm³/mol. The Morgan fingerprint density at radius 2 is 1.12 bits per heavy atom. The van der Waals surface area contributed by atoms with Crippen molar-refractivity contribution >= 4 is 56.7 Å². The zero-order chi connectivity index (χ0) is 39.7. The first-order valence-corrected chi connectivity index (χ1v) is 19.4. The molecule has 0 spiro atoms. The van der Waals surface area contributed by atoms with Crippen molar-refractivity contribution in [1.82, 2.24) is 19.9 Å². The number of nitrogens with one attached hydrogen (secondary N) is 4. The number of para-hydroxylation sites is 2. The van der Waals surface area contributed by atoms with Crippen LogP contribution in [0.5, 0.6) is 5.75 Å². The molecule has 2 unspecified atom stereocenters. The highest BCUT2D eigenvalue weighted by Gasteiger charge is 2.54. The molecule has 286 valence electrons. The molecular formula is C45H48N8O3. The number of anilines is 2. The number of carbonyl (C=O) groups excluding carboxylic acids is 2. The standard InChI is InChI=1S/C45H48N8O3/c1-8-25-17-26(9-2)19-29(18-25)52-40(46)37(39(55)44(52,4)5)43-50-34-16-15-28(22-35(34)51-43)24-56-31-21-27(10-3)20-30(23-31)53-41(47)36(38(54)45(53,6)7)42-48-32-13-11-12-14-33(32)49-42/h11-23,36-37,46-47H,8-10,24H2,1-7H3,(H,48,49)(H,50,51). The summed E-state index contributed by atoms with van der Waals surface area (Å²) >= 11 is 0. The van der Waals surface area contributed by atoms with Gasteiger partial charge in [-0.3, -0.25) is 20.4 Å². The van der Waals surface area contributed by atoms with Gasteiger partial charge in [-0.15, -0.1) is 0 Å². The van der Waals surface area contributed by atoms with E-state index in [9.17, 15) is 20.4 Å². The van der Waals surface area contributed by atoms with Crippen LogP contribution in [-0.4, -0.2) is 54.3 Å². The molecule has 8 rings (SSSR count). The number of ether oxygens (including phenoxy) is 1. The lowest BCUT2D eigenvalue weighted by atomic mass is 9.93. The second-order valence-electron chi connectivity index (χ2n) is 16.0. The third-order valence-corrected chi connectivity index (χ3v) is 11.5. The number of rotatable bonds is 10. The quantitative estimate of drug-likeness (QED) is 0.109. The first-order chi connectivity index (χ1) is 26.7. The SMILES string of the molecule is CCc1cc(CC)cc(N2C(=N)C(c3nc4ccc(COc5cc(CC)cc(N6C(=N)C(c7nc8ccccc8[nH]7)C(=O)C6(C)C)c5)cc4[nH]3)C(=O)C2(C)C)c1. The van der Waals surface area contributed by atoms with Gasteiger partial charge in [0, 0.05) is 17.4 Å². The van der Waals surface area contributed by atoms with Gasteiger partial charge in [-0.05, 0) is 118 Å². The maximum atomic E-state index is 14.0. The van der Waals surface area contributed by atoms with Gasteiger partial charge in [0.05, 0.1) is 22.1 Å². The Bertz CT molecular complexity index is 2520. The Kier molecular flexibility index (Phi) is 8.94. The molecule has 0 amide bonds. The van der Waals surface area contributed by atoms with Crippen LogP contribution in [0.15, 0.2) is 78.9 Å². The predicted octanol–water partition coefficient (Wildman–Crippen LogP) is 8.56. The second-order valence-corrected chi connectivity index (χ2v) is 16.0. The van der Waals surface area contributed by atoms with Crippen LogP contribution in [-0.2, 0) is 35.5 Å². The minimum absolute atomic E-state index is 0.0726. The number of Topliss-reactive ketones (excluding diaryl/α,β-unsaturated/α-hetero) is 2. The highest BCUT2D eigenvalue weighted by Crippen LogP contribution is 2.43. The third-order valence-electron chi connectivity index (χ3n) is 11.5. The van der Waals surface area contributed by atoms with E-state index in [4.69, 9.17) is 9.72 Å². The topological polar surface area (TPSA) is 155 Å². The zero-order valence-electron chi connectivity index (χ0n) is 33.0.